The zero-order valence-electron chi connectivity index (χ0n) is 10.9. The van der Waals surface area contributed by atoms with E-state index in [2.05, 4.69) is 5.32 Å². The molecule has 94 valence electrons. The van der Waals surface area contributed by atoms with E-state index in [0.29, 0.717) is 13.1 Å². The van der Waals surface area contributed by atoms with Crippen LogP contribution in [0.3, 0.4) is 0 Å². The topological polar surface area (TPSA) is 55.1 Å². The second-order valence-electron chi connectivity index (χ2n) is 4.79. The van der Waals surface area contributed by atoms with E-state index in [1.807, 2.05) is 45.0 Å². The average molecular weight is 234 g/mol. The fraction of sp³-hybridized carbons (Fsp3) is 0.500. The summed E-state index contributed by atoms with van der Waals surface area (Å²) in [4.78, 5) is 12.0. The van der Waals surface area contributed by atoms with E-state index in [0.717, 1.165) is 12.0 Å². The van der Waals surface area contributed by atoms with Gasteiger partial charge in [-0.15, -0.1) is 0 Å². The van der Waals surface area contributed by atoms with Gasteiger partial charge < -0.3 is 11.1 Å². The number of benzene rings is 1. The van der Waals surface area contributed by atoms with Crippen LogP contribution in [0.1, 0.15) is 31.4 Å². The van der Waals surface area contributed by atoms with Crippen LogP contribution in [0.15, 0.2) is 24.3 Å². The first-order valence-corrected chi connectivity index (χ1v) is 6.06. The highest BCUT2D eigenvalue weighted by molar-refractivity contribution is 5.82. The van der Waals surface area contributed by atoms with Gasteiger partial charge in [0.05, 0.1) is 5.41 Å². The molecule has 0 radical (unpaired) electrons. The SMILES string of the molecule is CCC(C)(CN)C(=O)NCc1ccc(C)cc1. The largest absolute Gasteiger partial charge is 0.352 e. The molecule has 1 aromatic rings. The molecule has 0 saturated carbocycles. The van der Waals surface area contributed by atoms with Crippen molar-refractivity contribution in [3.05, 3.63) is 35.4 Å². The fourth-order valence-corrected chi connectivity index (χ4v) is 1.50. The molecule has 0 bridgehead atoms. The third-order valence-corrected chi connectivity index (χ3v) is 3.35. The molecule has 17 heavy (non-hydrogen) atoms. The minimum absolute atomic E-state index is 0.0306. The van der Waals surface area contributed by atoms with E-state index in [9.17, 15) is 4.79 Å². The summed E-state index contributed by atoms with van der Waals surface area (Å²) in [5.74, 6) is 0.0306. The van der Waals surface area contributed by atoms with Crippen molar-refractivity contribution in [1.29, 1.82) is 0 Å². The Balaban J connectivity index is 2.56. The zero-order chi connectivity index (χ0) is 12.9. The first-order chi connectivity index (χ1) is 8.01. The van der Waals surface area contributed by atoms with E-state index < -0.39 is 5.41 Å². The van der Waals surface area contributed by atoms with Crippen molar-refractivity contribution in [2.45, 2.75) is 33.7 Å². The molecular formula is C14H22N2O. The predicted octanol–water partition coefficient (Wildman–Crippen LogP) is 1.99. The molecule has 0 aliphatic rings. The van der Waals surface area contributed by atoms with Crippen molar-refractivity contribution in [2.75, 3.05) is 6.54 Å². The maximum atomic E-state index is 12.0. The third kappa shape index (κ3) is 3.56. The van der Waals surface area contributed by atoms with Crippen LogP contribution in [0.4, 0.5) is 0 Å². The Kier molecular flexibility index (Phi) is 4.70. The highest BCUT2D eigenvalue weighted by atomic mass is 16.2. The lowest BCUT2D eigenvalue weighted by Gasteiger charge is -2.24. The number of carbonyl (C=O) groups is 1. The van der Waals surface area contributed by atoms with Crippen molar-refractivity contribution >= 4 is 5.91 Å². The number of aryl methyl sites for hydroxylation is 1. The van der Waals surface area contributed by atoms with Crippen molar-refractivity contribution < 1.29 is 4.79 Å². The molecule has 0 spiro atoms. The molecule has 0 heterocycles. The van der Waals surface area contributed by atoms with Gasteiger partial charge in [0, 0.05) is 13.1 Å². The van der Waals surface area contributed by atoms with Crippen LogP contribution in [0, 0.1) is 12.3 Å². The van der Waals surface area contributed by atoms with Crippen LogP contribution in [-0.2, 0) is 11.3 Å². The molecule has 1 aromatic carbocycles. The molecule has 0 aromatic heterocycles. The number of carbonyl (C=O) groups excluding carboxylic acids is 1. The number of rotatable bonds is 5. The Morgan fingerprint density at radius 2 is 1.94 bits per heavy atom. The van der Waals surface area contributed by atoms with Gasteiger partial charge in [-0.3, -0.25) is 4.79 Å². The van der Waals surface area contributed by atoms with Crippen LogP contribution >= 0.6 is 0 Å². The van der Waals surface area contributed by atoms with Gasteiger partial charge in [0.1, 0.15) is 0 Å². The lowest BCUT2D eigenvalue weighted by atomic mass is 9.86. The van der Waals surface area contributed by atoms with E-state index in [1.54, 1.807) is 0 Å². The second-order valence-corrected chi connectivity index (χ2v) is 4.79. The summed E-state index contributed by atoms with van der Waals surface area (Å²) in [7, 11) is 0. The second kappa shape index (κ2) is 5.82. The van der Waals surface area contributed by atoms with Gasteiger partial charge in [-0.1, -0.05) is 36.8 Å². The Hall–Kier alpha value is -1.35. The highest BCUT2D eigenvalue weighted by Gasteiger charge is 2.29. The summed E-state index contributed by atoms with van der Waals surface area (Å²) < 4.78 is 0. The summed E-state index contributed by atoms with van der Waals surface area (Å²) in [5, 5.41) is 2.94. The van der Waals surface area contributed by atoms with E-state index in [1.165, 1.54) is 5.56 Å². The van der Waals surface area contributed by atoms with Gasteiger partial charge in [0.2, 0.25) is 5.91 Å². The Morgan fingerprint density at radius 3 is 2.41 bits per heavy atom. The molecule has 1 unspecified atom stereocenters. The Bertz CT molecular complexity index is 366. The summed E-state index contributed by atoms with van der Waals surface area (Å²) in [6.07, 6.45) is 0.753. The van der Waals surface area contributed by atoms with Gasteiger partial charge in [-0.05, 0) is 25.8 Å². The molecule has 0 aliphatic heterocycles. The average Bonchev–Trinajstić information content (AvgIpc) is 2.36. The maximum absolute atomic E-state index is 12.0. The number of amides is 1. The van der Waals surface area contributed by atoms with Gasteiger partial charge in [-0.2, -0.15) is 0 Å². The lowest BCUT2D eigenvalue weighted by molar-refractivity contribution is -0.130. The van der Waals surface area contributed by atoms with Crippen LogP contribution < -0.4 is 11.1 Å². The molecular weight excluding hydrogens is 212 g/mol. The number of hydrogen-bond acceptors (Lipinski definition) is 2. The minimum Gasteiger partial charge on any atom is -0.352 e. The number of nitrogens with two attached hydrogens (primary N) is 1. The van der Waals surface area contributed by atoms with Crippen LogP contribution in [0.25, 0.3) is 0 Å². The highest BCUT2D eigenvalue weighted by Crippen LogP contribution is 2.19. The quantitative estimate of drug-likeness (QED) is 0.818. The van der Waals surface area contributed by atoms with E-state index in [4.69, 9.17) is 5.73 Å². The van der Waals surface area contributed by atoms with Crippen LogP contribution in [0.2, 0.25) is 0 Å². The van der Waals surface area contributed by atoms with Crippen molar-refractivity contribution in [2.24, 2.45) is 11.1 Å². The van der Waals surface area contributed by atoms with Crippen molar-refractivity contribution in [3.8, 4) is 0 Å². The molecule has 0 fully saturated rings. The molecule has 3 nitrogen and oxygen atoms in total. The molecule has 1 rings (SSSR count). The van der Waals surface area contributed by atoms with Gasteiger partial charge >= 0.3 is 0 Å². The molecule has 0 aliphatic carbocycles. The van der Waals surface area contributed by atoms with E-state index in [-0.39, 0.29) is 5.91 Å². The number of hydrogen-bond donors (Lipinski definition) is 2. The molecule has 1 atom stereocenters. The Morgan fingerprint density at radius 1 is 1.35 bits per heavy atom. The molecule has 3 N–H and O–H groups in total. The summed E-state index contributed by atoms with van der Waals surface area (Å²) in [6.45, 7) is 6.87. The first kappa shape index (κ1) is 13.7. The normalized spacial score (nSPS) is 14.1. The molecule has 1 amide bonds. The fourth-order valence-electron chi connectivity index (χ4n) is 1.50. The molecule has 0 saturated heterocycles. The van der Waals surface area contributed by atoms with Crippen LogP contribution in [-0.4, -0.2) is 12.5 Å². The van der Waals surface area contributed by atoms with Crippen LogP contribution in [0.5, 0.6) is 0 Å². The summed E-state index contributed by atoms with van der Waals surface area (Å²) in [5.41, 5.74) is 7.53. The van der Waals surface area contributed by atoms with Gasteiger partial charge in [0.15, 0.2) is 0 Å². The predicted molar refractivity (Wildman–Crippen MR) is 70.5 cm³/mol. The standard InChI is InChI=1S/C14H22N2O/c1-4-14(3,10-15)13(17)16-9-12-7-5-11(2)6-8-12/h5-8H,4,9-10,15H2,1-3H3,(H,16,17). The molecule has 3 heteroatoms. The zero-order valence-corrected chi connectivity index (χ0v) is 10.9. The lowest BCUT2D eigenvalue weighted by Crippen LogP contribution is -2.43. The summed E-state index contributed by atoms with van der Waals surface area (Å²) >= 11 is 0. The minimum atomic E-state index is -0.454. The summed E-state index contributed by atoms with van der Waals surface area (Å²) in [6, 6.07) is 8.15. The van der Waals surface area contributed by atoms with E-state index >= 15 is 0 Å². The van der Waals surface area contributed by atoms with Gasteiger partial charge in [-0.25, -0.2) is 0 Å². The smallest absolute Gasteiger partial charge is 0.227 e. The first-order valence-electron chi connectivity index (χ1n) is 6.06. The third-order valence-electron chi connectivity index (χ3n) is 3.35. The Labute approximate surface area is 103 Å². The maximum Gasteiger partial charge on any atom is 0.227 e. The number of nitrogens with one attached hydrogen (secondary N) is 1. The van der Waals surface area contributed by atoms with Gasteiger partial charge in [0.25, 0.3) is 0 Å². The monoisotopic (exact) mass is 234 g/mol. The van der Waals surface area contributed by atoms with Crippen molar-refractivity contribution in [1.82, 2.24) is 5.32 Å². The van der Waals surface area contributed by atoms with Crippen molar-refractivity contribution in [3.63, 3.8) is 0 Å².